The second-order valence-corrected chi connectivity index (χ2v) is 11.7. The molecule has 2 amide bonds. The van der Waals surface area contributed by atoms with Crippen molar-refractivity contribution >= 4 is 18.2 Å². The number of ether oxygens (including phenoxy) is 5. The summed E-state index contributed by atoms with van der Waals surface area (Å²) in [7, 11) is 0. The van der Waals surface area contributed by atoms with Gasteiger partial charge in [-0.05, 0) is 66.9 Å². The molecule has 0 spiro atoms. The molecule has 0 aromatic heterocycles. The second kappa shape index (κ2) is 14.5. The number of amides is 2. The van der Waals surface area contributed by atoms with E-state index in [0.29, 0.717) is 17.9 Å². The standard InChI is InChI=1S/C30H45NO8/c1-9-10-14-17-36-25-21(2)37-26(32)24(20-35-19-23(25)18-22-15-12-11-13-16-22)31(27(33)38-29(3,4)5)28(34)39-30(6,7)8/h10-16,21,23-25H,9,17-20H2,1-8H3. The third kappa shape index (κ3) is 11.0. The Morgan fingerprint density at radius 1 is 0.974 bits per heavy atom. The minimum Gasteiger partial charge on any atom is -0.458 e. The highest BCUT2D eigenvalue weighted by Crippen LogP contribution is 2.25. The van der Waals surface area contributed by atoms with E-state index in [1.54, 1.807) is 48.5 Å². The zero-order chi connectivity index (χ0) is 29.2. The number of hydrogen-bond acceptors (Lipinski definition) is 8. The number of allylic oxidation sites excluding steroid dienone is 1. The van der Waals surface area contributed by atoms with Gasteiger partial charge >= 0.3 is 18.2 Å². The first kappa shape index (κ1) is 32.3. The summed E-state index contributed by atoms with van der Waals surface area (Å²) in [6.45, 7) is 14.1. The van der Waals surface area contributed by atoms with Gasteiger partial charge in [-0.2, -0.15) is 4.90 Å². The molecule has 1 saturated heterocycles. The van der Waals surface area contributed by atoms with E-state index in [0.717, 1.165) is 12.0 Å². The van der Waals surface area contributed by atoms with Crippen LogP contribution in [0.3, 0.4) is 0 Å². The van der Waals surface area contributed by atoms with E-state index in [9.17, 15) is 14.4 Å². The number of cyclic esters (lactones) is 1. The normalized spacial score (nSPS) is 22.8. The number of nitrogens with zero attached hydrogens (tertiary/aromatic N) is 1. The largest absolute Gasteiger partial charge is 0.458 e. The highest BCUT2D eigenvalue weighted by atomic mass is 16.6. The number of imide groups is 1. The molecule has 0 N–H and O–H groups in total. The van der Waals surface area contributed by atoms with Gasteiger partial charge in [0.25, 0.3) is 0 Å². The molecule has 1 aliphatic heterocycles. The number of rotatable bonds is 7. The van der Waals surface area contributed by atoms with E-state index < -0.39 is 47.6 Å². The van der Waals surface area contributed by atoms with Crippen LogP contribution in [0, 0.1) is 5.92 Å². The van der Waals surface area contributed by atoms with Crippen LogP contribution in [0.25, 0.3) is 0 Å². The van der Waals surface area contributed by atoms with E-state index in [1.165, 1.54) is 0 Å². The SMILES string of the molecule is CCC=CCOC1C(Cc2ccccc2)COCC(N(C(=O)OC(C)(C)C)C(=O)OC(C)(C)C)C(=O)OC1C. The number of esters is 1. The van der Waals surface area contributed by atoms with Crippen molar-refractivity contribution in [1.82, 2.24) is 4.90 Å². The zero-order valence-electron chi connectivity index (χ0n) is 24.6. The van der Waals surface area contributed by atoms with Gasteiger partial charge in [-0.15, -0.1) is 0 Å². The molecule has 1 heterocycles. The third-order valence-electron chi connectivity index (χ3n) is 5.73. The summed E-state index contributed by atoms with van der Waals surface area (Å²) in [5, 5.41) is 0. The fourth-order valence-corrected chi connectivity index (χ4v) is 4.10. The van der Waals surface area contributed by atoms with E-state index in [-0.39, 0.29) is 19.1 Å². The van der Waals surface area contributed by atoms with Gasteiger partial charge < -0.3 is 23.7 Å². The van der Waals surface area contributed by atoms with Crippen LogP contribution < -0.4 is 0 Å². The maximum atomic E-state index is 13.5. The maximum absolute atomic E-state index is 13.5. The third-order valence-corrected chi connectivity index (χ3v) is 5.73. The molecule has 1 fully saturated rings. The van der Waals surface area contributed by atoms with Crippen LogP contribution in [0.5, 0.6) is 0 Å². The molecule has 1 aromatic rings. The molecule has 9 nitrogen and oxygen atoms in total. The lowest BCUT2D eigenvalue weighted by molar-refractivity contribution is -0.163. The van der Waals surface area contributed by atoms with Gasteiger partial charge in [-0.1, -0.05) is 49.4 Å². The Bertz CT molecular complexity index is 935. The van der Waals surface area contributed by atoms with Crippen LogP contribution in [0.15, 0.2) is 42.5 Å². The molecule has 4 unspecified atom stereocenters. The van der Waals surface area contributed by atoms with Gasteiger partial charge in [0.1, 0.15) is 17.3 Å². The predicted octanol–water partition coefficient (Wildman–Crippen LogP) is 5.70. The van der Waals surface area contributed by atoms with Crippen molar-refractivity contribution in [1.29, 1.82) is 0 Å². The lowest BCUT2D eigenvalue weighted by Gasteiger charge is -2.32. The second-order valence-electron chi connectivity index (χ2n) is 11.7. The minimum atomic E-state index is -1.41. The quantitative estimate of drug-likeness (QED) is 0.243. The zero-order valence-corrected chi connectivity index (χ0v) is 24.6. The topological polar surface area (TPSA) is 101 Å². The summed E-state index contributed by atoms with van der Waals surface area (Å²) in [6, 6.07) is 8.51. The molecule has 0 aliphatic carbocycles. The molecule has 0 radical (unpaired) electrons. The van der Waals surface area contributed by atoms with Gasteiger partial charge in [0.05, 0.1) is 25.9 Å². The minimum absolute atomic E-state index is 0.166. The monoisotopic (exact) mass is 547 g/mol. The highest BCUT2D eigenvalue weighted by Gasteiger charge is 2.44. The molecule has 39 heavy (non-hydrogen) atoms. The van der Waals surface area contributed by atoms with Crippen LogP contribution in [0.4, 0.5) is 9.59 Å². The summed E-state index contributed by atoms with van der Waals surface area (Å²) in [6.07, 6.45) is 2.20. The Balaban J connectivity index is 2.39. The number of carbonyl (C=O) groups is 3. The Labute approximate surface area is 232 Å². The van der Waals surface area contributed by atoms with Crippen molar-refractivity contribution in [3.63, 3.8) is 0 Å². The van der Waals surface area contributed by atoms with Crippen LogP contribution in [0.2, 0.25) is 0 Å². The van der Waals surface area contributed by atoms with Crippen molar-refractivity contribution in [2.75, 3.05) is 19.8 Å². The van der Waals surface area contributed by atoms with Crippen molar-refractivity contribution in [2.45, 2.75) is 97.7 Å². The van der Waals surface area contributed by atoms with Crippen LogP contribution >= 0.6 is 0 Å². The first-order valence-corrected chi connectivity index (χ1v) is 13.6. The molecule has 0 bridgehead atoms. The molecule has 218 valence electrons. The van der Waals surface area contributed by atoms with E-state index in [2.05, 4.69) is 0 Å². The molecule has 2 rings (SSSR count). The molecule has 0 saturated carbocycles. The summed E-state index contributed by atoms with van der Waals surface area (Å²) >= 11 is 0. The van der Waals surface area contributed by atoms with Crippen LogP contribution in [0.1, 0.15) is 67.4 Å². The van der Waals surface area contributed by atoms with Crippen molar-refractivity contribution in [3.8, 4) is 0 Å². The fraction of sp³-hybridized carbons (Fsp3) is 0.633. The molecule has 1 aromatic carbocycles. The van der Waals surface area contributed by atoms with Crippen LogP contribution in [-0.2, 0) is 34.9 Å². The average molecular weight is 548 g/mol. The Morgan fingerprint density at radius 3 is 2.10 bits per heavy atom. The van der Waals surface area contributed by atoms with Gasteiger partial charge in [0, 0.05) is 5.92 Å². The van der Waals surface area contributed by atoms with E-state index in [1.807, 2.05) is 49.4 Å². The van der Waals surface area contributed by atoms with Gasteiger partial charge in [0.15, 0.2) is 6.04 Å². The highest BCUT2D eigenvalue weighted by molar-refractivity contribution is 5.94. The Morgan fingerprint density at radius 2 is 1.56 bits per heavy atom. The van der Waals surface area contributed by atoms with Crippen molar-refractivity contribution < 1.29 is 38.1 Å². The van der Waals surface area contributed by atoms with Crippen molar-refractivity contribution in [2.24, 2.45) is 5.92 Å². The molecule has 4 atom stereocenters. The fourth-order valence-electron chi connectivity index (χ4n) is 4.10. The molecule has 9 heteroatoms. The first-order valence-electron chi connectivity index (χ1n) is 13.6. The molecule has 1 aliphatic rings. The maximum Gasteiger partial charge on any atom is 0.420 e. The van der Waals surface area contributed by atoms with Gasteiger partial charge in [-0.3, -0.25) is 0 Å². The Kier molecular flexibility index (Phi) is 12.0. The number of benzene rings is 1. The molecular weight excluding hydrogens is 502 g/mol. The van der Waals surface area contributed by atoms with Gasteiger partial charge in [0.2, 0.25) is 0 Å². The first-order chi connectivity index (χ1) is 18.2. The Hall–Kier alpha value is -2.91. The smallest absolute Gasteiger partial charge is 0.420 e. The number of carbonyl (C=O) groups excluding carboxylic acids is 3. The average Bonchev–Trinajstić information content (AvgIpc) is 2.85. The van der Waals surface area contributed by atoms with E-state index in [4.69, 9.17) is 23.7 Å². The van der Waals surface area contributed by atoms with Crippen molar-refractivity contribution in [3.05, 3.63) is 48.0 Å². The van der Waals surface area contributed by atoms with E-state index >= 15 is 0 Å². The van der Waals surface area contributed by atoms with Gasteiger partial charge in [-0.25, -0.2) is 14.4 Å². The summed E-state index contributed by atoms with van der Waals surface area (Å²) in [5.74, 6) is -0.974. The molecular formula is C30H45NO8. The summed E-state index contributed by atoms with van der Waals surface area (Å²) in [4.78, 5) is 40.5. The predicted molar refractivity (Wildman–Crippen MR) is 147 cm³/mol. The lowest BCUT2D eigenvalue weighted by atomic mass is 9.91. The lowest BCUT2D eigenvalue weighted by Crippen LogP contribution is -2.54. The van der Waals surface area contributed by atoms with Crippen LogP contribution in [-0.4, -0.2) is 72.3 Å². The summed E-state index contributed by atoms with van der Waals surface area (Å²) in [5.41, 5.74) is -0.749. The number of hydrogen-bond donors (Lipinski definition) is 0. The summed E-state index contributed by atoms with van der Waals surface area (Å²) < 4.78 is 29.0.